The van der Waals surface area contributed by atoms with Crippen LogP contribution in [0.5, 0.6) is 0 Å². The first kappa shape index (κ1) is 25.9. The van der Waals surface area contributed by atoms with Gasteiger partial charge in [0.1, 0.15) is 17.1 Å². The number of aliphatic hydroxyl groups is 1. The third-order valence-corrected chi connectivity index (χ3v) is 11.0. The van der Waals surface area contributed by atoms with Gasteiger partial charge >= 0.3 is 0 Å². The van der Waals surface area contributed by atoms with Gasteiger partial charge < -0.3 is 18.8 Å². The van der Waals surface area contributed by atoms with E-state index in [9.17, 15) is 5.11 Å². The number of nitrogens with zero attached hydrogens (tertiary/aromatic N) is 1. The number of ether oxygens (including phenoxy) is 1. The zero-order valence-electron chi connectivity index (χ0n) is 19.4. The highest BCUT2D eigenvalue weighted by atomic mass is 35.5. The lowest BCUT2D eigenvalue weighted by Crippen LogP contribution is -2.41. The number of aromatic nitrogens is 1. The molecular formula is C23H33Cl2NO4Si. The van der Waals surface area contributed by atoms with Crippen molar-refractivity contribution < 1.29 is 18.8 Å². The van der Waals surface area contributed by atoms with Crippen LogP contribution in [0.4, 0.5) is 0 Å². The van der Waals surface area contributed by atoms with E-state index in [0.717, 1.165) is 0 Å². The van der Waals surface area contributed by atoms with Crippen LogP contribution in [0.15, 0.2) is 29.3 Å². The van der Waals surface area contributed by atoms with E-state index < -0.39 is 13.9 Å². The maximum atomic E-state index is 11.3. The van der Waals surface area contributed by atoms with Crippen LogP contribution in [-0.2, 0) is 14.8 Å². The summed E-state index contributed by atoms with van der Waals surface area (Å²) in [5, 5.41) is 16.4. The second-order valence-corrected chi connectivity index (χ2v) is 14.9. The number of benzene rings is 1. The van der Waals surface area contributed by atoms with Gasteiger partial charge in [0.25, 0.3) is 0 Å². The molecule has 0 fully saturated rings. The molecule has 0 aliphatic rings. The van der Waals surface area contributed by atoms with Crippen LogP contribution in [0, 0.1) is 0 Å². The van der Waals surface area contributed by atoms with Crippen LogP contribution in [0.25, 0.3) is 17.0 Å². The molecule has 8 heteroatoms. The van der Waals surface area contributed by atoms with Crippen LogP contribution in [-0.4, -0.2) is 31.8 Å². The summed E-state index contributed by atoms with van der Waals surface area (Å²) in [5.41, 5.74) is -0.0229. The number of hydrogen-bond acceptors (Lipinski definition) is 5. The van der Waals surface area contributed by atoms with Gasteiger partial charge in [0, 0.05) is 18.6 Å². The fourth-order valence-corrected chi connectivity index (χ4v) is 4.51. The van der Waals surface area contributed by atoms with Crippen molar-refractivity contribution in [2.45, 2.75) is 64.8 Å². The molecule has 31 heavy (non-hydrogen) atoms. The van der Waals surface area contributed by atoms with Crippen molar-refractivity contribution in [2.24, 2.45) is 0 Å². The van der Waals surface area contributed by atoms with Gasteiger partial charge in [0.15, 0.2) is 14.1 Å². The van der Waals surface area contributed by atoms with Crippen LogP contribution >= 0.6 is 23.2 Å². The molecule has 0 amide bonds. The molecule has 0 spiro atoms. The molecular weight excluding hydrogens is 453 g/mol. The molecule has 1 aromatic carbocycles. The van der Waals surface area contributed by atoms with Crippen molar-refractivity contribution in [3.8, 4) is 11.3 Å². The molecule has 2 rings (SSSR count). The number of hydrogen-bond donors (Lipinski definition) is 1. The van der Waals surface area contributed by atoms with E-state index in [1.165, 1.54) is 0 Å². The zero-order valence-corrected chi connectivity index (χ0v) is 21.9. The van der Waals surface area contributed by atoms with Gasteiger partial charge in [-0.3, -0.25) is 0 Å². The van der Waals surface area contributed by atoms with Crippen molar-refractivity contribution in [3.05, 3.63) is 46.1 Å². The van der Waals surface area contributed by atoms with Crippen LogP contribution in [0.3, 0.4) is 0 Å². The second kappa shape index (κ2) is 9.67. The molecule has 0 bridgehead atoms. The van der Waals surface area contributed by atoms with Gasteiger partial charge in [-0.25, -0.2) is 0 Å². The quantitative estimate of drug-likeness (QED) is 0.298. The van der Waals surface area contributed by atoms with E-state index in [1.807, 2.05) is 6.92 Å². The maximum Gasteiger partial charge on any atom is 0.191 e. The smallest absolute Gasteiger partial charge is 0.191 e. The molecule has 2 aromatic rings. The predicted molar refractivity (Wildman–Crippen MR) is 130 cm³/mol. The van der Waals surface area contributed by atoms with E-state index in [1.54, 1.807) is 25.1 Å². The Hall–Kier alpha value is -1.31. The molecule has 0 aliphatic carbocycles. The summed E-state index contributed by atoms with van der Waals surface area (Å²) in [4.78, 5) is 0. The van der Waals surface area contributed by atoms with E-state index in [-0.39, 0.29) is 10.8 Å². The summed E-state index contributed by atoms with van der Waals surface area (Å²) in [6, 6.07) is 5.19. The zero-order chi connectivity index (χ0) is 23.6. The lowest BCUT2D eigenvalue weighted by atomic mass is 9.93. The van der Waals surface area contributed by atoms with Crippen molar-refractivity contribution in [1.29, 1.82) is 0 Å². The highest BCUT2D eigenvalue weighted by Crippen LogP contribution is 2.43. The average Bonchev–Trinajstić information content (AvgIpc) is 3.06. The monoisotopic (exact) mass is 485 g/mol. The predicted octanol–water partition coefficient (Wildman–Crippen LogP) is 7.28. The minimum absolute atomic E-state index is 0.0769. The molecule has 0 radical (unpaired) electrons. The highest BCUT2D eigenvalue weighted by molar-refractivity contribution is 6.74. The summed E-state index contributed by atoms with van der Waals surface area (Å²) in [5.74, 6) is 0.575. The Bertz CT molecular complexity index is 912. The molecule has 172 valence electrons. The first-order chi connectivity index (χ1) is 14.2. The van der Waals surface area contributed by atoms with Crippen molar-refractivity contribution in [3.63, 3.8) is 0 Å². The van der Waals surface area contributed by atoms with Gasteiger partial charge in [-0.15, -0.1) is 0 Å². The molecule has 1 atom stereocenters. The minimum atomic E-state index is -1.95. The second-order valence-electron chi connectivity index (χ2n) is 9.32. The van der Waals surface area contributed by atoms with Crippen molar-refractivity contribution in [2.75, 3.05) is 13.2 Å². The first-order valence-electron chi connectivity index (χ1n) is 10.4. The van der Waals surface area contributed by atoms with Crippen molar-refractivity contribution >= 4 is 37.3 Å². The molecule has 1 heterocycles. The van der Waals surface area contributed by atoms with Gasteiger partial charge in [0.2, 0.25) is 0 Å². The topological polar surface area (TPSA) is 64.7 Å². The Labute approximate surface area is 196 Å². The largest absolute Gasteiger partial charge is 0.494 e. The number of halogens is 2. The maximum absolute atomic E-state index is 11.3. The van der Waals surface area contributed by atoms with Gasteiger partial charge in [-0.05, 0) is 44.1 Å². The fourth-order valence-electron chi connectivity index (χ4n) is 2.89. The van der Waals surface area contributed by atoms with Gasteiger partial charge in [0.05, 0.1) is 22.2 Å². The first-order valence-corrected chi connectivity index (χ1v) is 14.0. The average molecular weight is 487 g/mol. The Morgan fingerprint density at radius 3 is 2.29 bits per heavy atom. The molecule has 0 saturated heterocycles. The van der Waals surface area contributed by atoms with Crippen LogP contribution in [0.2, 0.25) is 28.2 Å². The molecule has 1 aromatic heterocycles. The van der Waals surface area contributed by atoms with Gasteiger partial charge in [-0.1, -0.05) is 61.8 Å². The Morgan fingerprint density at radius 2 is 1.77 bits per heavy atom. The summed E-state index contributed by atoms with van der Waals surface area (Å²) < 4.78 is 17.5. The summed E-state index contributed by atoms with van der Waals surface area (Å²) in [6.45, 7) is 19.2. The van der Waals surface area contributed by atoms with E-state index >= 15 is 0 Å². The normalized spacial score (nSPS) is 14.4. The molecule has 0 saturated carbocycles. The Balaban J connectivity index is 2.44. The third-order valence-electron chi connectivity index (χ3n) is 5.84. The SMILES string of the molecule is C=C(OCC)c1c(-c2c(Cl)cccc2Cl)noc1C(C)(O)CCO[Si](C)(C)C(C)(C)C. The van der Waals surface area contributed by atoms with Crippen LogP contribution in [0.1, 0.15) is 52.4 Å². The summed E-state index contributed by atoms with van der Waals surface area (Å²) >= 11 is 12.8. The molecule has 0 aliphatic heterocycles. The van der Waals surface area contributed by atoms with Crippen molar-refractivity contribution in [1.82, 2.24) is 5.16 Å². The fraction of sp³-hybridized carbons (Fsp3) is 0.522. The third kappa shape index (κ3) is 5.73. The van der Waals surface area contributed by atoms with Crippen LogP contribution < -0.4 is 0 Å². The summed E-state index contributed by atoms with van der Waals surface area (Å²) in [7, 11) is -1.95. The highest BCUT2D eigenvalue weighted by Gasteiger charge is 2.39. The summed E-state index contributed by atoms with van der Waals surface area (Å²) in [6.07, 6.45) is 0.316. The molecule has 1 unspecified atom stereocenters. The lowest BCUT2D eigenvalue weighted by Gasteiger charge is -2.37. The standard InChI is InChI=1S/C23H33Cl2NO4Si/c1-9-28-15(2)18-20(19-16(24)11-10-12-17(19)25)26-30-21(18)23(6,27)13-14-29-31(7,8)22(3,4)5/h10-12,27H,2,9,13-14H2,1,3-8H3. The van der Waals surface area contributed by atoms with E-state index in [0.29, 0.717) is 52.3 Å². The molecule has 5 nitrogen and oxygen atoms in total. The Kier molecular flexibility index (Phi) is 8.09. The molecule has 1 N–H and O–H groups in total. The minimum Gasteiger partial charge on any atom is -0.494 e. The van der Waals surface area contributed by atoms with Gasteiger partial charge in [-0.2, -0.15) is 0 Å². The number of rotatable bonds is 9. The lowest BCUT2D eigenvalue weighted by molar-refractivity contribution is 0.00599. The van der Waals surface area contributed by atoms with E-state index in [4.69, 9.17) is 36.9 Å². The Morgan fingerprint density at radius 1 is 1.19 bits per heavy atom. The van der Waals surface area contributed by atoms with E-state index in [2.05, 4.69) is 45.6 Å².